The van der Waals surface area contributed by atoms with Gasteiger partial charge in [0.2, 0.25) is 29.5 Å². The van der Waals surface area contributed by atoms with E-state index in [1.807, 2.05) is 0 Å². The van der Waals surface area contributed by atoms with E-state index in [9.17, 15) is 33.9 Å². The van der Waals surface area contributed by atoms with Crippen molar-refractivity contribution in [3.63, 3.8) is 0 Å². The van der Waals surface area contributed by atoms with Crippen LogP contribution >= 0.6 is 0 Å². The third kappa shape index (κ3) is 7.19. The molecule has 0 spiro atoms. The lowest BCUT2D eigenvalue weighted by molar-refractivity contribution is -0.146. The molecule has 2 aliphatic heterocycles. The molecule has 35 heavy (non-hydrogen) atoms. The predicted octanol–water partition coefficient (Wildman–Crippen LogP) is -4.42. The fourth-order valence-corrected chi connectivity index (χ4v) is 4.14. The van der Waals surface area contributed by atoms with Gasteiger partial charge in [-0.15, -0.1) is 0 Å². The molecule has 0 radical (unpaired) electrons. The van der Waals surface area contributed by atoms with Gasteiger partial charge >= 0.3 is 0 Å². The van der Waals surface area contributed by atoms with Crippen molar-refractivity contribution in [1.82, 2.24) is 25.8 Å². The number of likely N-dealkylation sites (tertiary alicyclic amines) is 2. The third-order valence-electron chi connectivity index (χ3n) is 6.08. The van der Waals surface area contributed by atoms with E-state index in [-0.39, 0.29) is 5.91 Å². The molecular weight excluding hydrogens is 464 g/mol. The zero-order chi connectivity index (χ0) is 26.1. The van der Waals surface area contributed by atoms with E-state index in [1.54, 1.807) is 0 Å². The van der Waals surface area contributed by atoms with E-state index in [4.69, 9.17) is 10.8 Å². The standard InChI is InChI=1S/C21H34N6O8/c1-12(24-17(31)8-23-19(33)15(11-30)25-18(32)14(22)10-29)20(34)27-7-3-5-16(27)21(35)26-6-2-4-13(26)9-28/h9,12-16,29-30H,2-8,10-11,22H2,1H3,(H,23,33)(H,24,31)(H,25,32)/t12-,13-,14-,15-,16-/m0/s1. The Labute approximate surface area is 202 Å². The quantitative estimate of drug-likeness (QED) is 0.152. The molecule has 2 fully saturated rings. The van der Waals surface area contributed by atoms with Crippen LogP contribution in [0.1, 0.15) is 32.6 Å². The Morgan fingerprint density at radius 2 is 1.66 bits per heavy atom. The summed E-state index contributed by atoms with van der Waals surface area (Å²) in [4.78, 5) is 76.1. The molecule has 0 bridgehead atoms. The van der Waals surface area contributed by atoms with Gasteiger partial charge in [0.1, 0.15) is 30.5 Å². The lowest BCUT2D eigenvalue weighted by Crippen LogP contribution is -2.56. The smallest absolute Gasteiger partial charge is 0.245 e. The Bertz CT molecular complexity index is 824. The minimum Gasteiger partial charge on any atom is -0.394 e. The second-order valence-electron chi connectivity index (χ2n) is 8.61. The Balaban J connectivity index is 1.87. The maximum Gasteiger partial charge on any atom is 0.245 e. The number of nitrogens with one attached hydrogen (secondary N) is 3. The van der Waals surface area contributed by atoms with E-state index in [2.05, 4.69) is 16.0 Å². The van der Waals surface area contributed by atoms with E-state index in [0.29, 0.717) is 32.4 Å². The highest BCUT2D eigenvalue weighted by atomic mass is 16.3. The fourth-order valence-electron chi connectivity index (χ4n) is 4.14. The molecule has 5 atom stereocenters. The first-order valence-electron chi connectivity index (χ1n) is 11.6. The molecule has 14 heteroatoms. The van der Waals surface area contributed by atoms with E-state index in [0.717, 1.165) is 12.7 Å². The second kappa shape index (κ2) is 13.1. The summed E-state index contributed by atoms with van der Waals surface area (Å²) in [5.41, 5.74) is 5.34. The van der Waals surface area contributed by atoms with Crippen LogP contribution in [0.15, 0.2) is 0 Å². The Morgan fingerprint density at radius 1 is 1.00 bits per heavy atom. The molecule has 5 amide bonds. The normalized spacial score (nSPS) is 22.2. The summed E-state index contributed by atoms with van der Waals surface area (Å²) in [5, 5.41) is 25.0. The van der Waals surface area contributed by atoms with Crippen molar-refractivity contribution >= 4 is 35.8 Å². The maximum atomic E-state index is 13.0. The van der Waals surface area contributed by atoms with Gasteiger partial charge in [0.25, 0.3) is 0 Å². The van der Waals surface area contributed by atoms with Crippen LogP contribution in [0.2, 0.25) is 0 Å². The number of carbonyl (C=O) groups is 6. The fraction of sp³-hybridized carbons (Fsp3) is 0.714. The van der Waals surface area contributed by atoms with Crippen LogP contribution in [0.4, 0.5) is 0 Å². The van der Waals surface area contributed by atoms with Gasteiger partial charge < -0.3 is 46.5 Å². The maximum absolute atomic E-state index is 13.0. The summed E-state index contributed by atoms with van der Waals surface area (Å²) in [6, 6.07) is -4.81. The predicted molar refractivity (Wildman–Crippen MR) is 120 cm³/mol. The number of nitrogens with two attached hydrogens (primary N) is 1. The van der Waals surface area contributed by atoms with Gasteiger partial charge in [-0.05, 0) is 32.6 Å². The number of hydrogen-bond acceptors (Lipinski definition) is 9. The minimum absolute atomic E-state index is 0.269. The average molecular weight is 499 g/mol. The summed E-state index contributed by atoms with van der Waals surface area (Å²) in [6.07, 6.45) is 3.16. The third-order valence-corrected chi connectivity index (χ3v) is 6.08. The first-order chi connectivity index (χ1) is 16.6. The summed E-state index contributed by atoms with van der Waals surface area (Å²) in [5.74, 6) is -3.14. The second-order valence-corrected chi connectivity index (χ2v) is 8.61. The summed E-state index contributed by atoms with van der Waals surface area (Å²) in [7, 11) is 0. The van der Waals surface area contributed by atoms with Crippen molar-refractivity contribution in [3.05, 3.63) is 0 Å². The monoisotopic (exact) mass is 498 g/mol. The summed E-state index contributed by atoms with van der Waals surface area (Å²) in [6.45, 7) is 0.316. The van der Waals surface area contributed by atoms with Crippen LogP contribution < -0.4 is 21.7 Å². The zero-order valence-electron chi connectivity index (χ0n) is 19.6. The minimum atomic E-state index is -1.39. The number of rotatable bonds is 11. The van der Waals surface area contributed by atoms with E-state index < -0.39 is 73.6 Å². The number of nitrogens with zero attached hydrogens (tertiary/aromatic N) is 2. The van der Waals surface area contributed by atoms with Crippen LogP contribution in [0, 0.1) is 0 Å². The van der Waals surface area contributed by atoms with Crippen molar-refractivity contribution in [2.24, 2.45) is 5.73 Å². The van der Waals surface area contributed by atoms with Gasteiger partial charge in [-0.2, -0.15) is 0 Å². The van der Waals surface area contributed by atoms with Crippen LogP contribution in [-0.2, 0) is 28.8 Å². The van der Waals surface area contributed by atoms with E-state index in [1.165, 1.54) is 16.7 Å². The molecule has 2 heterocycles. The highest BCUT2D eigenvalue weighted by Gasteiger charge is 2.41. The van der Waals surface area contributed by atoms with Crippen LogP contribution in [0.25, 0.3) is 0 Å². The van der Waals surface area contributed by atoms with Crippen molar-refractivity contribution in [2.75, 3.05) is 32.8 Å². The zero-order valence-corrected chi connectivity index (χ0v) is 19.6. The van der Waals surface area contributed by atoms with Crippen LogP contribution in [0.3, 0.4) is 0 Å². The van der Waals surface area contributed by atoms with Crippen LogP contribution in [0.5, 0.6) is 0 Å². The van der Waals surface area contributed by atoms with Crippen molar-refractivity contribution < 1.29 is 39.0 Å². The molecule has 7 N–H and O–H groups in total. The first-order valence-corrected chi connectivity index (χ1v) is 11.6. The molecule has 0 saturated carbocycles. The van der Waals surface area contributed by atoms with Crippen molar-refractivity contribution in [3.8, 4) is 0 Å². The average Bonchev–Trinajstić information content (AvgIpc) is 3.53. The molecule has 2 rings (SSSR count). The van der Waals surface area contributed by atoms with Crippen molar-refractivity contribution in [1.29, 1.82) is 0 Å². The highest BCUT2D eigenvalue weighted by Crippen LogP contribution is 2.24. The highest BCUT2D eigenvalue weighted by molar-refractivity contribution is 5.95. The molecule has 14 nitrogen and oxygen atoms in total. The van der Waals surface area contributed by atoms with Gasteiger partial charge in [0.15, 0.2) is 0 Å². The molecule has 2 aliphatic rings. The first kappa shape index (κ1) is 28.1. The molecule has 0 aliphatic carbocycles. The largest absolute Gasteiger partial charge is 0.394 e. The SMILES string of the molecule is C[C@H](NC(=O)CNC(=O)[C@H](CO)NC(=O)[C@@H](N)CO)C(=O)N1CCC[C@H]1C(=O)N1CCC[C@H]1C=O. The molecule has 0 aromatic rings. The Kier molecular flexibility index (Phi) is 10.5. The number of aliphatic hydroxyl groups is 2. The number of hydrogen-bond donors (Lipinski definition) is 6. The Morgan fingerprint density at radius 3 is 2.29 bits per heavy atom. The van der Waals surface area contributed by atoms with Gasteiger partial charge in [-0.25, -0.2) is 0 Å². The number of amides is 5. The Hall–Kier alpha value is -3.10. The number of aliphatic hydroxyl groups excluding tert-OH is 2. The molecule has 2 saturated heterocycles. The van der Waals surface area contributed by atoms with Gasteiger partial charge in [0.05, 0.1) is 25.8 Å². The number of aldehydes is 1. The molecular formula is C21H34N6O8. The number of carbonyl (C=O) groups excluding carboxylic acids is 6. The molecule has 0 aromatic heterocycles. The van der Waals surface area contributed by atoms with Gasteiger partial charge in [-0.3, -0.25) is 24.0 Å². The van der Waals surface area contributed by atoms with Gasteiger partial charge in [-0.1, -0.05) is 0 Å². The molecule has 196 valence electrons. The van der Waals surface area contributed by atoms with Crippen LogP contribution in [-0.4, -0.2) is 119 Å². The van der Waals surface area contributed by atoms with Crippen molar-refractivity contribution in [2.45, 2.75) is 62.8 Å². The summed E-state index contributed by atoms with van der Waals surface area (Å²) < 4.78 is 0. The van der Waals surface area contributed by atoms with E-state index >= 15 is 0 Å². The lowest BCUT2D eigenvalue weighted by Gasteiger charge is -2.31. The molecule has 0 aromatic carbocycles. The topological polar surface area (TPSA) is 211 Å². The molecule has 0 unspecified atom stereocenters. The summed E-state index contributed by atoms with van der Waals surface area (Å²) >= 11 is 0. The van der Waals surface area contributed by atoms with Gasteiger partial charge in [0, 0.05) is 13.1 Å². The lowest BCUT2D eigenvalue weighted by atomic mass is 10.1.